The molecule has 3 N–H and O–H groups in total. The topological polar surface area (TPSA) is 83.2 Å². The van der Waals surface area contributed by atoms with Crippen LogP contribution in [-0.4, -0.2) is 29.1 Å². The first-order chi connectivity index (χ1) is 11.3. The molecule has 0 bridgehead atoms. The lowest BCUT2D eigenvalue weighted by Crippen LogP contribution is -2.27. The maximum absolute atomic E-state index is 11.8. The number of hydrogen-bond acceptors (Lipinski definition) is 3. The Bertz CT molecular complexity index is 671. The van der Waals surface area contributed by atoms with E-state index in [0.717, 1.165) is 5.56 Å². The molecule has 0 spiro atoms. The molecule has 0 atom stereocenters. The second-order valence-corrected chi connectivity index (χ2v) is 6.41. The van der Waals surface area contributed by atoms with Gasteiger partial charge in [0, 0.05) is 18.4 Å². The molecule has 2 rings (SSSR count). The van der Waals surface area contributed by atoms with Crippen molar-refractivity contribution < 1.29 is 14.3 Å². The zero-order valence-electron chi connectivity index (χ0n) is 14.2. The van der Waals surface area contributed by atoms with Gasteiger partial charge in [-0.3, -0.25) is 10.1 Å². The summed E-state index contributed by atoms with van der Waals surface area (Å²) in [6.07, 6.45) is 1.94. The number of amides is 2. The molecular formula is C18H23N3O3. The van der Waals surface area contributed by atoms with Gasteiger partial charge in [-0.25, -0.2) is 4.79 Å². The van der Waals surface area contributed by atoms with Crippen molar-refractivity contribution in [3.63, 3.8) is 0 Å². The van der Waals surface area contributed by atoms with E-state index in [-0.39, 0.29) is 5.91 Å². The summed E-state index contributed by atoms with van der Waals surface area (Å²) in [6, 6.07) is 11.0. The van der Waals surface area contributed by atoms with Crippen LogP contribution in [0.5, 0.6) is 0 Å². The number of aromatic nitrogens is 1. The number of anilines is 1. The van der Waals surface area contributed by atoms with E-state index in [9.17, 15) is 9.59 Å². The minimum atomic E-state index is -0.526. The van der Waals surface area contributed by atoms with E-state index in [1.165, 1.54) is 0 Å². The van der Waals surface area contributed by atoms with Crippen LogP contribution in [0.1, 0.15) is 36.8 Å². The molecule has 6 nitrogen and oxygen atoms in total. The molecule has 2 amide bonds. The van der Waals surface area contributed by atoms with E-state index in [0.29, 0.717) is 24.3 Å². The van der Waals surface area contributed by atoms with Gasteiger partial charge in [0.05, 0.1) is 0 Å². The quantitative estimate of drug-likeness (QED) is 0.787. The van der Waals surface area contributed by atoms with Crippen LogP contribution in [0.15, 0.2) is 42.6 Å². The molecule has 0 aliphatic carbocycles. The third kappa shape index (κ3) is 5.79. The predicted octanol–water partition coefficient (Wildman–Crippen LogP) is 3.33. The Kier molecular flexibility index (Phi) is 5.63. The summed E-state index contributed by atoms with van der Waals surface area (Å²) in [6.45, 7) is 5.99. The van der Waals surface area contributed by atoms with Gasteiger partial charge in [-0.1, -0.05) is 12.1 Å². The maximum Gasteiger partial charge on any atom is 0.412 e. The third-order valence-corrected chi connectivity index (χ3v) is 3.14. The van der Waals surface area contributed by atoms with Crippen LogP contribution >= 0.6 is 0 Å². The van der Waals surface area contributed by atoms with Crippen LogP contribution in [0, 0.1) is 0 Å². The summed E-state index contributed by atoms with van der Waals surface area (Å²) in [5, 5.41) is 5.53. The molecule has 1 aromatic heterocycles. The number of aromatic amines is 1. The van der Waals surface area contributed by atoms with Crippen molar-refractivity contribution in [3.05, 3.63) is 53.9 Å². The molecule has 2 aromatic rings. The first-order valence-corrected chi connectivity index (χ1v) is 7.84. The molecule has 1 heterocycles. The highest BCUT2D eigenvalue weighted by atomic mass is 16.6. The highest BCUT2D eigenvalue weighted by molar-refractivity contribution is 5.92. The number of rotatable bonds is 5. The average molecular weight is 329 g/mol. The van der Waals surface area contributed by atoms with Crippen molar-refractivity contribution in [1.29, 1.82) is 0 Å². The first kappa shape index (κ1) is 17.6. The number of benzene rings is 1. The summed E-state index contributed by atoms with van der Waals surface area (Å²) in [5.74, 6) is -0.122. The Balaban J connectivity index is 1.77. The Hall–Kier alpha value is -2.76. The molecule has 0 unspecified atom stereocenters. The fraction of sp³-hybridized carbons (Fsp3) is 0.333. The number of carbonyl (C=O) groups excluding carboxylic acids is 2. The van der Waals surface area contributed by atoms with Gasteiger partial charge in [0.15, 0.2) is 0 Å². The fourth-order valence-corrected chi connectivity index (χ4v) is 2.06. The smallest absolute Gasteiger partial charge is 0.412 e. The third-order valence-electron chi connectivity index (χ3n) is 3.14. The fourth-order valence-electron chi connectivity index (χ4n) is 2.06. The Morgan fingerprint density at radius 3 is 2.42 bits per heavy atom. The van der Waals surface area contributed by atoms with Gasteiger partial charge >= 0.3 is 6.09 Å². The molecule has 1 aromatic carbocycles. The Morgan fingerprint density at radius 2 is 1.83 bits per heavy atom. The molecule has 0 aliphatic heterocycles. The van der Waals surface area contributed by atoms with Crippen LogP contribution in [0.3, 0.4) is 0 Å². The van der Waals surface area contributed by atoms with Crippen LogP contribution in [-0.2, 0) is 11.2 Å². The number of hydrogen-bond donors (Lipinski definition) is 3. The van der Waals surface area contributed by atoms with Crippen molar-refractivity contribution in [2.24, 2.45) is 0 Å². The van der Waals surface area contributed by atoms with Gasteiger partial charge in [0.1, 0.15) is 11.3 Å². The van der Waals surface area contributed by atoms with Gasteiger partial charge in [0.2, 0.25) is 0 Å². The van der Waals surface area contributed by atoms with Crippen LogP contribution in [0.25, 0.3) is 0 Å². The van der Waals surface area contributed by atoms with Gasteiger partial charge < -0.3 is 15.0 Å². The lowest BCUT2D eigenvalue weighted by molar-refractivity contribution is 0.0635. The average Bonchev–Trinajstić information content (AvgIpc) is 3.01. The van der Waals surface area contributed by atoms with Crippen LogP contribution < -0.4 is 10.6 Å². The lowest BCUT2D eigenvalue weighted by Gasteiger charge is -2.19. The standard InChI is InChI=1S/C18H23N3O3/c1-18(2,3)24-17(23)21-14-8-6-13(7-9-14)10-12-20-16(22)15-5-4-11-19-15/h4-9,11,19H,10,12H2,1-3H3,(H,20,22)(H,21,23). The number of ether oxygens (including phenoxy) is 1. The molecule has 24 heavy (non-hydrogen) atoms. The zero-order chi connectivity index (χ0) is 17.6. The van der Waals surface area contributed by atoms with E-state index in [2.05, 4.69) is 15.6 Å². The van der Waals surface area contributed by atoms with Crippen molar-refractivity contribution in [1.82, 2.24) is 10.3 Å². The van der Waals surface area contributed by atoms with Crippen molar-refractivity contribution in [2.45, 2.75) is 32.8 Å². The molecular weight excluding hydrogens is 306 g/mol. The minimum Gasteiger partial charge on any atom is -0.444 e. The minimum absolute atomic E-state index is 0.122. The van der Waals surface area contributed by atoms with E-state index >= 15 is 0 Å². The van der Waals surface area contributed by atoms with Crippen molar-refractivity contribution >= 4 is 17.7 Å². The Morgan fingerprint density at radius 1 is 1.12 bits per heavy atom. The maximum atomic E-state index is 11.8. The summed E-state index contributed by atoms with van der Waals surface area (Å²) in [7, 11) is 0. The number of nitrogens with one attached hydrogen (secondary N) is 3. The van der Waals surface area contributed by atoms with E-state index < -0.39 is 11.7 Å². The van der Waals surface area contributed by atoms with E-state index in [1.54, 1.807) is 18.3 Å². The molecule has 0 saturated carbocycles. The van der Waals surface area contributed by atoms with E-state index in [1.807, 2.05) is 45.0 Å². The normalized spacial score (nSPS) is 11.0. The zero-order valence-corrected chi connectivity index (χ0v) is 14.2. The molecule has 0 radical (unpaired) electrons. The highest BCUT2D eigenvalue weighted by Gasteiger charge is 2.16. The molecule has 0 fully saturated rings. The Labute approximate surface area is 141 Å². The highest BCUT2D eigenvalue weighted by Crippen LogP contribution is 2.13. The summed E-state index contributed by atoms with van der Waals surface area (Å²) in [4.78, 5) is 26.3. The number of H-pyrrole nitrogens is 1. The second kappa shape index (κ2) is 7.68. The van der Waals surface area contributed by atoms with E-state index in [4.69, 9.17) is 4.74 Å². The summed E-state index contributed by atoms with van der Waals surface area (Å²) < 4.78 is 5.20. The first-order valence-electron chi connectivity index (χ1n) is 7.84. The van der Waals surface area contributed by atoms with Crippen molar-refractivity contribution in [3.8, 4) is 0 Å². The summed E-state index contributed by atoms with van der Waals surface area (Å²) >= 11 is 0. The van der Waals surface area contributed by atoms with Gasteiger partial charge in [0.25, 0.3) is 5.91 Å². The second-order valence-electron chi connectivity index (χ2n) is 6.41. The van der Waals surface area contributed by atoms with Gasteiger partial charge in [-0.05, 0) is 57.0 Å². The molecule has 0 aliphatic rings. The predicted molar refractivity (Wildman–Crippen MR) is 93.1 cm³/mol. The largest absolute Gasteiger partial charge is 0.444 e. The van der Waals surface area contributed by atoms with Gasteiger partial charge in [-0.2, -0.15) is 0 Å². The lowest BCUT2D eigenvalue weighted by atomic mass is 10.1. The summed E-state index contributed by atoms with van der Waals surface area (Å²) in [5.41, 5.74) is 1.76. The molecule has 0 saturated heterocycles. The van der Waals surface area contributed by atoms with Crippen LogP contribution in [0.4, 0.5) is 10.5 Å². The van der Waals surface area contributed by atoms with Crippen molar-refractivity contribution in [2.75, 3.05) is 11.9 Å². The number of carbonyl (C=O) groups is 2. The molecule has 128 valence electrons. The molecule has 6 heteroatoms. The SMILES string of the molecule is CC(C)(C)OC(=O)Nc1ccc(CCNC(=O)c2ccc[nH]2)cc1. The van der Waals surface area contributed by atoms with Gasteiger partial charge in [-0.15, -0.1) is 0 Å². The van der Waals surface area contributed by atoms with Crippen LogP contribution in [0.2, 0.25) is 0 Å². The monoisotopic (exact) mass is 329 g/mol.